The molecule has 0 aromatic rings. The third-order valence-electron chi connectivity index (χ3n) is 5.12. The Balaban J connectivity index is 1.46. The third kappa shape index (κ3) is 2.06. The quantitative estimate of drug-likeness (QED) is 0.674. The maximum atomic E-state index is 5.57. The highest BCUT2D eigenvalue weighted by atomic mass is 16.6. The lowest BCUT2D eigenvalue weighted by Crippen LogP contribution is -2.58. The van der Waals surface area contributed by atoms with Gasteiger partial charge in [0.05, 0.1) is 5.92 Å². The molecule has 0 amide bonds. The molecule has 4 atom stereocenters. The number of piperidine rings is 1. The van der Waals surface area contributed by atoms with Gasteiger partial charge in [0.2, 0.25) is 0 Å². The van der Waals surface area contributed by atoms with Crippen molar-refractivity contribution in [1.29, 1.82) is 0 Å². The fourth-order valence-electron chi connectivity index (χ4n) is 3.95. The molecule has 3 unspecified atom stereocenters. The predicted octanol–water partition coefficient (Wildman–Crippen LogP) is 1.86. The Morgan fingerprint density at radius 3 is 3.00 bits per heavy atom. The topological polar surface area (TPSA) is 28.1 Å². The molecular formula is C16H23N3O. The van der Waals surface area contributed by atoms with E-state index in [4.69, 9.17) is 4.84 Å². The summed E-state index contributed by atoms with van der Waals surface area (Å²) >= 11 is 0. The lowest BCUT2D eigenvalue weighted by molar-refractivity contribution is 0.0564. The van der Waals surface area contributed by atoms with E-state index in [-0.39, 0.29) is 6.10 Å². The zero-order valence-electron chi connectivity index (χ0n) is 12.1. The van der Waals surface area contributed by atoms with E-state index < -0.39 is 0 Å². The Morgan fingerprint density at radius 1 is 1.15 bits per heavy atom. The van der Waals surface area contributed by atoms with Gasteiger partial charge in [0, 0.05) is 32.2 Å². The minimum Gasteiger partial charge on any atom is -0.386 e. The molecule has 4 heteroatoms. The third-order valence-corrected chi connectivity index (χ3v) is 5.12. The number of rotatable bonds is 0. The maximum absolute atomic E-state index is 5.57. The summed E-state index contributed by atoms with van der Waals surface area (Å²) in [6.07, 6.45) is 11.3. The summed E-state index contributed by atoms with van der Waals surface area (Å²) in [6, 6.07) is 0.713. The summed E-state index contributed by atoms with van der Waals surface area (Å²) in [4.78, 5) is 10.7. The van der Waals surface area contributed by atoms with Gasteiger partial charge in [-0.2, -0.15) is 0 Å². The molecule has 20 heavy (non-hydrogen) atoms. The smallest absolute Gasteiger partial charge is 0.159 e. The molecule has 2 fully saturated rings. The van der Waals surface area contributed by atoms with Gasteiger partial charge in [-0.1, -0.05) is 30.3 Å². The van der Waals surface area contributed by atoms with Crippen molar-refractivity contribution in [2.45, 2.75) is 31.9 Å². The highest BCUT2D eigenvalue weighted by Crippen LogP contribution is 2.30. The van der Waals surface area contributed by atoms with Crippen molar-refractivity contribution in [3.63, 3.8) is 0 Å². The molecule has 0 N–H and O–H groups in total. The molecule has 108 valence electrons. The van der Waals surface area contributed by atoms with Gasteiger partial charge < -0.3 is 9.74 Å². The Bertz CT molecular complexity index is 470. The number of piperazine rings is 1. The molecule has 4 rings (SSSR count). The second kappa shape index (κ2) is 4.92. The zero-order valence-corrected chi connectivity index (χ0v) is 12.1. The van der Waals surface area contributed by atoms with Gasteiger partial charge in [0.1, 0.15) is 0 Å². The van der Waals surface area contributed by atoms with Crippen LogP contribution in [-0.2, 0) is 4.84 Å². The fraction of sp³-hybridized carbons (Fsp3) is 0.688. The molecule has 4 aliphatic rings. The lowest BCUT2D eigenvalue weighted by Gasteiger charge is -2.46. The summed E-state index contributed by atoms with van der Waals surface area (Å²) in [5.41, 5.74) is 0. The first-order chi connectivity index (χ1) is 9.81. The molecule has 0 aromatic carbocycles. The number of amidine groups is 1. The Morgan fingerprint density at radius 2 is 2.05 bits per heavy atom. The van der Waals surface area contributed by atoms with Crippen molar-refractivity contribution in [3.05, 3.63) is 24.3 Å². The highest BCUT2D eigenvalue weighted by molar-refractivity contribution is 5.88. The minimum atomic E-state index is 0.124. The molecule has 0 radical (unpaired) electrons. The van der Waals surface area contributed by atoms with Crippen LogP contribution in [-0.4, -0.2) is 54.0 Å². The number of allylic oxidation sites excluding steroid dienone is 2. The predicted molar refractivity (Wildman–Crippen MR) is 79.4 cm³/mol. The zero-order chi connectivity index (χ0) is 13.5. The minimum absolute atomic E-state index is 0.124. The van der Waals surface area contributed by atoms with E-state index in [1.807, 2.05) is 0 Å². The Kier molecular flexibility index (Phi) is 3.06. The SMILES string of the molecule is C[C@@H]1CCC2CN(C3=NOC4C=CC=CC34)CCN2C1. The van der Waals surface area contributed by atoms with Gasteiger partial charge in [0.15, 0.2) is 11.9 Å². The van der Waals surface area contributed by atoms with Crippen LogP contribution in [0.25, 0.3) is 0 Å². The van der Waals surface area contributed by atoms with Gasteiger partial charge in [-0.25, -0.2) is 0 Å². The number of hydrogen-bond donors (Lipinski definition) is 0. The largest absolute Gasteiger partial charge is 0.386 e. The average Bonchev–Trinajstić information content (AvgIpc) is 2.91. The van der Waals surface area contributed by atoms with E-state index in [2.05, 4.69) is 46.2 Å². The first kappa shape index (κ1) is 12.5. The molecule has 4 nitrogen and oxygen atoms in total. The summed E-state index contributed by atoms with van der Waals surface area (Å²) < 4.78 is 0. The molecule has 3 heterocycles. The van der Waals surface area contributed by atoms with Gasteiger partial charge in [-0.15, -0.1) is 0 Å². The molecule has 0 saturated carbocycles. The van der Waals surface area contributed by atoms with Gasteiger partial charge in [-0.3, -0.25) is 4.90 Å². The van der Waals surface area contributed by atoms with Crippen LogP contribution in [0.3, 0.4) is 0 Å². The first-order valence-electron chi connectivity index (χ1n) is 7.89. The second-order valence-electron chi connectivity index (χ2n) is 6.59. The van der Waals surface area contributed by atoms with E-state index in [1.54, 1.807) is 0 Å². The van der Waals surface area contributed by atoms with Crippen LogP contribution in [0.2, 0.25) is 0 Å². The maximum Gasteiger partial charge on any atom is 0.159 e. The molecule has 3 aliphatic heterocycles. The number of hydrogen-bond acceptors (Lipinski definition) is 4. The fourth-order valence-corrected chi connectivity index (χ4v) is 3.95. The van der Waals surface area contributed by atoms with Crippen LogP contribution in [0.4, 0.5) is 0 Å². The summed E-state index contributed by atoms with van der Waals surface area (Å²) in [7, 11) is 0. The van der Waals surface area contributed by atoms with Crippen molar-refractivity contribution >= 4 is 5.84 Å². The first-order valence-corrected chi connectivity index (χ1v) is 7.89. The number of nitrogens with zero attached hydrogens (tertiary/aromatic N) is 3. The van der Waals surface area contributed by atoms with E-state index in [0.717, 1.165) is 24.8 Å². The average molecular weight is 273 g/mol. The molecule has 0 spiro atoms. The molecule has 1 aliphatic carbocycles. The highest BCUT2D eigenvalue weighted by Gasteiger charge is 2.39. The van der Waals surface area contributed by atoms with Crippen molar-refractivity contribution < 1.29 is 4.84 Å². The normalized spacial score (nSPS) is 40.0. The van der Waals surface area contributed by atoms with Crippen LogP contribution in [0.15, 0.2) is 29.5 Å². The van der Waals surface area contributed by atoms with Crippen LogP contribution >= 0.6 is 0 Å². The number of fused-ring (bicyclic) bond motifs is 2. The van der Waals surface area contributed by atoms with Crippen LogP contribution in [0.1, 0.15) is 19.8 Å². The standard InChI is InChI=1S/C16H23N3O/c1-12-6-7-13-11-19(9-8-18(13)10-12)16-14-4-2-3-5-15(14)20-17-16/h2-5,12-15H,6-11H2,1H3/t12-,13?,14?,15?/m1/s1. The van der Waals surface area contributed by atoms with Crippen LogP contribution in [0, 0.1) is 11.8 Å². The van der Waals surface area contributed by atoms with E-state index in [1.165, 1.54) is 25.9 Å². The van der Waals surface area contributed by atoms with Crippen molar-refractivity contribution in [1.82, 2.24) is 9.80 Å². The van der Waals surface area contributed by atoms with Gasteiger partial charge in [-0.05, 0) is 24.8 Å². The van der Waals surface area contributed by atoms with Crippen molar-refractivity contribution in [2.75, 3.05) is 26.2 Å². The van der Waals surface area contributed by atoms with E-state index in [9.17, 15) is 0 Å². The van der Waals surface area contributed by atoms with Crippen molar-refractivity contribution in [3.8, 4) is 0 Å². The summed E-state index contributed by atoms with van der Waals surface area (Å²) in [5, 5.41) is 4.38. The van der Waals surface area contributed by atoms with Crippen LogP contribution < -0.4 is 0 Å². The molecule has 0 aromatic heterocycles. The van der Waals surface area contributed by atoms with E-state index >= 15 is 0 Å². The summed E-state index contributed by atoms with van der Waals surface area (Å²) in [6.45, 7) is 7.03. The van der Waals surface area contributed by atoms with Crippen LogP contribution in [0.5, 0.6) is 0 Å². The van der Waals surface area contributed by atoms with Crippen molar-refractivity contribution in [2.24, 2.45) is 17.0 Å². The van der Waals surface area contributed by atoms with E-state index in [0.29, 0.717) is 12.0 Å². The molecular weight excluding hydrogens is 250 g/mol. The lowest BCUT2D eigenvalue weighted by atomic mass is 9.91. The van der Waals surface area contributed by atoms with Gasteiger partial charge in [0.25, 0.3) is 0 Å². The Hall–Kier alpha value is -1.29. The molecule has 2 saturated heterocycles. The summed E-state index contributed by atoms with van der Waals surface area (Å²) in [5.74, 6) is 2.34. The molecule has 0 bridgehead atoms. The Labute approximate surface area is 120 Å². The second-order valence-corrected chi connectivity index (χ2v) is 6.59. The monoisotopic (exact) mass is 273 g/mol. The number of oxime groups is 1. The van der Waals surface area contributed by atoms with Gasteiger partial charge >= 0.3 is 0 Å².